The van der Waals surface area contributed by atoms with Gasteiger partial charge in [0, 0.05) is 25.4 Å². The van der Waals surface area contributed by atoms with Crippen LogP contribution in [0.3, 0.4) is 0 Å². The van der Waals surface area contributed by atoms with E-state index in [1.165, 1.54) is 0 Å². The molecular weight excluding hydrogens is 136 g/mol. The standard InChI is InChI=1S/C9H9N2/c1-2-6-10-9(5-1)11-7-3-4-8-11/h1,3-6H,7-8H2. The Hall–Kier alpha value is -1.31. The molecule has 0 atom stereocenters. The SMILES string of the molecule is [c]1ccc(N2CC=CC2)nc1. The van der Waals surface area contributed by atoms with Gasteiger partial charge in [-0.1, -0.05) is 12.2 Å². The molecule has 0 saturated heterocycles. The molecule has 0 fully saturated rings. The molecule has 0 aromatic carbocycles. The van der Waals surface area contributed by atoms with Gasteiger partial charge in [-0.05, 0) is 12.1 Å². The van der Waals surface area contributed by atoms with E-state index >= 15 is 0 Å². The summed E-state index contributed by atoms with van der Waals surface area (Å²) in [5.74, 6) is 1.04. The van der Waals surface area contributed by atoms with Crippen molar-refractivity contribution in [3.05, 3.63) is 36.5 Å². The number of pyridine rings is 1. The zero-order chi connectivity index (χ0) is 7.52. The molecule has 1 aliphatic rings. The highest BCUT2D eigenvalue weighted by Gasteiger charge is 2.06. The summed E-state index contributed by atoms with van der Waals surface area (Å²) in [6.07, 6.45) is 6.00. The second-order valence-corrected chi connectivity index (χ2v) is 2.49. The van der Waals surface area contributed by atoms with Crippen LogP contribution in [0.5, 0.6) is 0 Å². The highest BCUT2D eigenvalue weighted by Crippen LogP contribution is 2.11. The third-order valence-corrected chi connectivity index (χ3v) is 1.74. The molecule has 2 heterocycles. The van der Waals surface area contributed by atoms with Crippen LogP contribution in [0.15, 0.2) is 30.5 Å². The molecule has 0 unspecified atom stereocenters. The van der Waals surface area contributed by atoms with Gasteiger partial charge in [0.15, 0.2) is 0 Å². The van der Waals surface area contributed by atoms with Crippen molar-refractivity contribution in [2.24, 2.45) is 0 Å². The summed E-state index contributed by atoms with van der Waals surface area (Å²) in [6, 6.07) is 6.77. The fourth-order valence-corrected chi connectivity index (χ4v) is 1.16. The summed E-state index contributed by atoms with van der Waals surface area (Å²) in [7, 11) is 0. The van der Waals surface area contributed by atoms with Gasteiger partial charge in [0.1, 0.15) is 5.82 Å². The van der Waals surface area contributed by atoms with E-state index in [1.54, 1.807) is 6.20 Å². The summed E-state index contributed by atoms with van der Waals surface area (Å²) >= 11 is 0. The molecule has 0 N–H and O–H groups in total. The van der Waals surface area contributed by atoms with Gasteiger partial charge in [-0.25, -0.2) is 4.98 Å². The van der Waals surface area contributed by atoms with Crippen LogP contribution in [0, 0.1) is 6.07 Å². The van der Waals surface area contributed by atoms with Crippen LogP contribution >= 0.6 is 0 Å². The van der Waals surface area contributed by atoms with Crippen LogP contribution in [0.25, 0.3) is 0 Å². The first-order valence-corrected chi connectivity index (χ1v) is 3.69. The molecule has 1 aliphatic heterocycles. The van der Waals surface area contributed by atoms with Crippen LogP contribution in [-0.4, -0.2) is 18.1 Å². The monoisotopic (exact) mass is 145 g/mol. The Kier molecular flexibility index (Phi) is 1.60. The minimum absolute atomic E-state index is 0.983. The van der Waals surface area contributed by atoms with Crippen molar-refractivity contribution in [2.45, 2.75) is 0 Å². The molecule has 1 radical (unpaired) electrons. The molecule has 11 heavy (non-hydrogen) atoms. The van der Waals surface area contributed by atoms with Gasteiger partial charge in [0.25, 0.3) is 0 Å². The Bertz CT molecular complexity index is 246. The maximum absolute atomic E-state index is 4.19. The molecule has 0 saturated carbocycles. The number of hydrogen-bond donors (Lipinski definition) is 0. The zero-order valence-corrected chi connectivity index (χ0v) is 6.20. The highest BCUT2D eigenvalue weighted by atomic mass is 15.2. The van der Waals surface area contributed by atoms with Crippen LogP contribution in [0.2, 0.25) is 0 Å². The fourth-order valence-electron chi connectivity index (χ4n) is 1.16. The van der Waals surface area contributed by atoms with E-state index in [0.29, 0.717) is 0 Å². The Balaban J connectivity index is 2.17. The van der Waals surface area contributed by atoms with E-state index in [4.69, 9.17) is 0 Å². The Morgan fingerprint density at radius 3 is 2.82 bits per heavy atom. The van der Waals surface area contributed by atoms with Crippen molar-refractivity contribution in [2.75, 3.05) is 18.0 Å². The van der Waals surface area contributed by atoms with E-state index in [-0.39, 0.29) is 0 Å². The zero-order valence-electron chi connectivity index (χ0n) is 6.20. The molecule has 2 heteroatoms. The first-order chi connectivity index (χ1) is 5.47. The molecule has 1 aromatic rings. The van der Waals surface area contributed by atoms with Gasteiger partial charge < -0.3 is 4.90 Å². The van der Waals surface area contributed by atoms with Gasteiger partial charge in [-0.3, -0.25) is 0 Å². The lowest BCUT2D eigenvalue weighted by atomic mass is 10.4. The first kappa shape index (κ1) is 6.40. The molecular formula is C9H9N2. The van der Waals surface area contributed by atoms with Crippen LogP contribution in [-0.2, 0) is 0 Å². The summed E-state index contributed by atoms with van der Waals surface area (Å²) < 4.78 is 0. The minimum atomic E-state index is 0.983. The molecule has 2 nitrogen and oxygen atoms in total. The minimum Gasteiger partial charge on any atom is -0.349 e. The molecule has 0 bridgehead atoms. The average molecular weight is 145 g/mol. The molecule has 0 amide bonds. The Morgan fingerprint density at radius 1 is 1.36 bits per heavy atom. The predicted molar refractivity (Wildman–Crippen MR) is 44.4 cm³/mol. The third kappa shape index (κ3) is 1.24. The smallest absolute Gasteiger partial charge is 0.129 e. The predicted octanol–water partition coefficient (Wildman–Crippen LogP) is 1.26. The lowest BCUT2D eigenvalue weighted by Crippen LogP contribution is -2.19. The molecule has 0 spiro atoms. The summed E-state index contributed by atoms with van der Waals surface area (Å²) in [5, 5.41) is 0. The van der Waals surface area contributed by atoms with Gasteiger partial charge in [-0.15, -0.1) is 0 Å². The lowest BCUT2D eigenvalue weighted by molar-refractivity contribution is 0.969. The van der Waals surface area contributed by atoms with Crippen LogP contribution in [0.4, 0.5) is 5.82 Å². The largest absolute Gasteiger partial charge is 0.349 e. The molecule has 0 aliphatic carbocycles. The molecule has 55 valence electrons. The topological polar surface area (TPSA) is 16.1 Å². The maximum Gasteiger partial charge on any atom is 0.129 e. The molecule has 2 rings (SSSR count). The quantitative estimate of drug-likeness (QED) is 0.553. The first-order valence-electron chi connectivity index (χ1n) is 3.69. The van der Waals surface area contributed by atoms with Crippen molar-refractivity contribution in [3.8, 4) is 0 Å². The average Bonchev–Trinajstić information content (AvgIpc) is 2.58. The summed E-state index contributed by atoms with van der Waals surface area (Å²) in [4.78, 5) is 6.39. The van der Waals surface area contributed by atoms with E-state index in [9.17, 15) is 0 Å². The lowest BCUT2D eigenvalue weighted by Gasteiger charge is -2.14. The Labute approximate surface area is 66.2 Å². The van der Waals surface area contributed by atoms with Gasteiger partial charge in [-0.2, -0.15) is 0 Å². The van der Waals surface area contributed by atoms with Gasteiger partial charge in [0.2, 0.25) is 0 Å². The number of rotatable bonds is 1. The second-order valence-electron chi connectivity index (χ2n) is 2.49. The van der Waals surface area contributed by atoms with Crippen molar-refractivity contribution >= 4 is 5.82 Å². The number of anilines is 1. The highest BCUT2D eigenvalue weighted by molar-refractivity contribution is 5.41. The van der Waals surface area contributed by atoms with E-state index in [2.05, 4.69) is 28.1 Å². The third-order valence-electron chi connectivity index (χ3n) is 1.74. The van der Waals surface area contributed by atoms with E-state index < -0.39 is 0 Å². The van der Waals surface area contributed by atoms with Gasteiger partial charge in [0.05, 0.1) is 0 Å². The van der Waals surface area contributed by atoms with E-state index in [1.807, 2.05) is 12.1 Å². The number of nitrogens with zero attached hydrogens (tertiary/aromatic N) is 2. The normalized spacial score (nSPS) is 15.8. The Morgan fingerprint density at radius 2 is 2.18 bits per heavy atom. The van der Waals surface area contributed by atoms with Gasteiger partial charge >= 0.3 is 0 Å². The number of aromatic nitrogens is 1. The van der Waals surface area contributed by atoms with Crippen LogP contribution in [0.1, 0.15) is 0 Å². The fraction of sp³-hybridized carbons (Fsp3) is 0.222. The van der Waals surface area contributed by atoms with Crippen molar-refractivity contribution < 1.29 is 0 Å². The second kappa shape index (κ2) is 2.74. The number of hydrogen-bond acceptors (Lipinski definition) is 2. The van der Waals surface area contributed by atoms with Crippen LogP contribution < -0.4 is 4.90 Å². The van der Waals surface area contributed by atoms with Crippen molar-refractivity contribution in [1.82, 2.24) is 4.98 Å². The van der Waals surface area contributed by atoms with E-state index in [0.717, 1.165) is 18.9 Å². The van der Waals surface area contributed by atoms with Crippen molar-refractivity contribution in [3.63, 3.8) is 0 Å². The summed E-state index contributed by atoms with van der Waals surface area (Å²) in [5.41, 5.74) is 0. The maximum atomic E-state index is 4.19. The van der Waals surface area contributed by atoms with Crippen molar-refractivity contribution in [1.29, 1.82) is 0 Å². The molecule has 1 aromatic heterocycles. The summed E-state index contributed by atoms with van der Waals surface area (Å²) in [6.45, 7) is 1.97.